The highest BCUT2D eigenvalue weighted by Gasteiger charge is 2.48. The summed E-state index contributed by atoms with van der Waals surface area (Å²) in [6.45, 7) is 4.33. The van der Waals surface area contributed by atoms with Crippen LogP contribution >= 0.6 is 0 Å². The molecule has 13 heavy (non-hydrogen) atoms. The molecule has 0 aromatic rings. The van der Waals surface area contributed by atoms with Crippen molar-refractivity contribution in [1.82, 2.24) is 0 Å². The summed E-state index contributed by atoms with van der Waals surface area (Å²) in [6.07, 6.45) is 8.96. The maximum Gasteiger partial charge on any atom is 0.0673 e. The van der Waals surface area contributed by atoms with Gasteiger partial charge >= 0.3 is 0 Å². The second-order valence-corrected chi connectivity index (χ2v) is 5.69. The van der Waals surface area contributed by atoms with Crippen molar-refractivity contribution >= 4 is 0 Å². The average molecular weight is 182 g/mol. The van der Waals surface area contributed by atoms with Crippen molar-refractivity contribution in [2.24, 2.45) is 11.3 Å². The Morgan fingerprint density at radius 2 is 1.85 bits per heavy atom. The van der Waals surface area contributed by atoms with Crippen LogP contribution in [0.25, 0.3) is 0 Å². The van der Waals surface area contributed by atoms with Crippen LogP contribution in [0.2, 0.25) is 0 Å². The Hall–Kier alpha value is -0.0400. The zero-order chi connectivity index (χ0) is 9.53. The van der Waals surface area contributed by atoms with Gasteiger partial charge in [0, 0.05) is 0 Å². The predicted octanol–water partition coefficient (Wildman–Crippen LogP) is 3.12. The molecule has 76 valence electrons. The van der Waals surface area contributed by atoms with E-state index in [4.69, 9.17) is 0 Å². The first-order valence-electron chi connectivity index (χ1n) is 5.76. The van der Waals surface area contributed by atoms with Gasteiger partial charge in [-0.05, 0) is 43.9 Å². The molecule has 0 spiro atoms. The van der Waals surface area contributed by atoms with Crippen molar-refractivity contribution in [3.63, 3.8) is 0 Å². The van der Waals surface area contributed by atoms with E-state index in [1.807, 2.05) is 6.92 Å². The standard InChI is InChI=1S/C12H22O/c1-11(9-10-5-3-6-10)7-4-8-12(11,2)13/h10,13H,3-9H2,1-2H3. The Morgan fingerprint density at radius 3 is 2.23 bits per heavy atom. The summed E-state index contributed by atoms with van der Waals surface area (Å²) in [7, 11) is 0. The van der Waals surface area contributed by atoms with Crippen LogP contribution in [0.4, 0.5) is 0 Å². The number of hydrogen-bond acceptors (Lipinski definition) is 1. The van der Waals surface area contributed by atoms with E-state index in [0.29, 0.717) is 0 Å². The molecule has 0 bridgehead atoms. The predicted molar refractivity (Wildman–Crippen MR) is 54.5 cm³/mol. The van der Waals surface area contributed by atoms with E-state index in [1.54, 1.807) is 0 Å². The Balaban J connectivity index is 2.00. The normalized spacial score (nSPS) is 46.4. The topological polar surface area (TPSA) is 20.2 Å². The minimum atomic E-state index is -0.386. The van der Waals surface area contributed by atoms with E-state index in [0.717, 1.165) is 12.3 Å². The molecule has 0 aliphatic heterocycles. The Morgan fingerprint density at radius 1 is 1.15 bits per heavy atom. The van der Waals surface area contributed by atoms with E-state index in [9.17, 15) is 5.11 Å². The lowest BCUT2D eigenvalue weighted by atomic mass is 9.67. The SMILES string of the molecule is CC1(O)CCCC1(C)CC1CCC1. The van der Waals surface area contributed by atoms with Crippen molar-refractivity contribution in [2.45, 2.75) is 64.4 Å². The molecule has 1 nitrogen and oxygen atoms in total. The minimum Gasteiger partial charge on any atom is -0.390 e. The molecule has 2 aliphatic carbocycles. The third kappa shape index (κ3) is 1.52. The van der Waals surface area contributed by atoms with Gasteiger partial charge in [-0.3, -0.25) is 0 Å². The summed E-state index contributed by atoms with van der Waals surface area (Å²) in [5.74, 6) is 0.926. The molecule has 2 fully saturated rings. The summed E-state index contributed by atoms with van der Waals surface area (Å²) >= 11 is 0. The monoisotopic (exact) mass is 182 g/mol. The molecule has 1 heteroatoms. The first-order valence-corrected chi connectivity index (χ1v) is 5.76. The summed E-state index contributed by atoms with van der Waals surface area (Å²) in [5.41, 5.74) is -0.166. The van der Waals surface area contributed by atoms with Gasteiger partial charge < -0.3 is 5.11 Å². The first-order chi connectivity index (χ1) is 6.04. The maximum absolute atomic E-state index is 10.3. The lowest BCUT2D eigenvalue weighted by molar-refractivity contribution is -0.0536. The van der Waals surface area contributed by atoms with Gasteiger partial charge in [-0.25, -0.2) is 0 Å². The zero-order valence-electron chi connectivity index (χ0n) is 8.97. The van der Waals surface area contributed by atoms with Gasteiger partial charge in [0.15, 0.2) is 0 Å². The fourth-order valence-corrected chi connectivity index (χ4v) is 3.05. The number of aliphatic hydroxyl groups is 1. The molecule has 0 amide bonds. The highest BCUT2D eigenvalue weighted by Crippen LogP contribution is 2.52. The van der Waals surface area contributed by atoms with Crippen LogP contribution in [0.1, 0.15) is 58.8 Å². The zero-order valence-corrected chi connectivity index (χ0v) is 8.97. The fourth-order valence-electron chi connectivity index (χ4n) is 3.05. The van der Waals surface area contributed by atoms with Gasteiger partial charge in [0.2, 0.25) is 0 Å². The van der Waals surface area contributed by atoms with Gasteiger partial charge in [0.05, 0.1) is 5.60 Å². The van der Waals surface area contributed by atoms with Crippen molar-refractivity contribution < 1.29 is 5.11 Å². The molecule has 0 aromatic heterocycles. The third-order valence-corrected chi connectivity index (χ3v) is 4.66. The number of rotatable bonds is 2. The van der Waals surface area contributed by atoms with Crippen LogP contribution < -0.4 is 0 Å². The largest absolute Gasteiger partial charge is 0.390 e. The first kappa shape index (κ1) is 9.51. The smallest absolute Gasteiger partial charge is 0.0673 e. The molecular formula is C12H22O. The van der Waals surface area contributed by atoms with Crippen LogP contribution in [-0.4, -0.2) is 10.7 Å². The van der Waals surface area contributed by atoms with E-state index in [2.05, 4.69) is 6.92 Å². The molecular weight excluding hydrogens is 160 g/mol. The van der Waals surface area contributed by atoms with E-state index < -0.39 is 0 Å². The average Bonchev–Trinajstić information content (AvgIpc) is 2.20. The number of hydrogen-bond donors (Lipinski definition) is 1. The lowest BCUT2D eigenvalue weighted by Gasteiger charge is -2.42. The molecule has 0 radical (unpaired) electrons. The summed E-state index contributed by atoms with van der Waals surface area (Å²) < 4.78 is 0. The van der Waals surface area contributed by atoms with Gasteiger partial charge in [-0.15, -0.1) is 0 Å². The van der Waals surface area contributed by atoms with Gasteiger partial charge in [-0.2, -0.15) is 0 Å². The maximum atomic E-state index is 10.3. The minimum absolute atomic E-state index is 0.220. The fraction of sp³-hybridized carbons (Fsp3) is 1.00. The molecule has 0 heterocycles. The summed E-state index contributed by atoms with van der Waals surface area (Å²) in [4.78, 5) is 0. The molecule has 2 saturated carbocycles. The highest BCUT2D eigenvalue weighted by atomic mass is 16.3. The second-order valence-electron chi connectivity index (χ2n) is 5.69. The van der Waals surface area contributed by atoms with Crippen molar-refractivity contribution in [2.75, 3.05) is 0 Å². The molecule has 2 rings (SSSR count). The summed E-state index contributed by atoms with van der Waals surface area (Å²) in [6, 6.07) is 0. The molecule has 1 N–H and O–H groups in total. The van der Waals surface area contributed by atoms with Gasteiger partial charge in [0.25, 0.3) is 0 Å². The Labute approximate surface area is 81.5 Å². The lowest BCUT2D eigenvalue weighted by Crippen LogP contribution is -2.41. The van der Waals surface area contributed by atoms with Crippen molar-refractivity contribution in [1.29, 1.82) is 0 Å². The van der Waals surface area contributed by atoms with Gasteiger partial charge in [0.1, 0.15) is 0 Å². The van der Waals surface area contributed by atoms with Crippen LogP contribution in [0.5, 0.6) is 0 Å². The molecule has 0 aromatic carbocycles. The quantitative estimate of drug-likeness (QED) is 0.695. The third-order valence-electron chi connectivity index (χ3n) is 4.66. The highest BCUT2D eigenvalue weighted by molar-refractivity contribution is 4.99. The Kier molecular flexibility index (Phi) is 2.18. The van der Waals surface area contributed by atoms with Crippen LogP contribution in [0.3, 0.4) is 0 Å². The molecule has 2 aliphatic rings. The van der Waals surface area contributed by atoms with Crippen molar-refractivity contribution in [3.05, 3.63) is 0 Å². The van der Waals surface area contributed by atoms with E-state index in [-0.39, 0.29) is 11.0 Å². The van der Waals surface area contributed by atoms with Crippen molar-refractivity contribution in [3.8, 4) is 0 Å². The van der Waals surface area contributed by atoms with Crippen LogP contribution in [0.15, 0.2) is 0 Å². The van der Waals surface area contributed by atoms with Gasteiger partial charge in [-0.1, -0.05) is 26.2 Å². The molecule has 0 saturated heterocycles. The van der Waals surface area contributed by atoms with E-state index >= 15 is 0 Å². The Bertz CT molecular complexity index is 193. The second kappa shape index (κ2) is 2.98. The van der Waals surface area contributed by atoms with E-state index in [1.165, 1.54) is 38.5 Å². The van der Waals surface area contributed by atoms with Crippen LogP contribution in [-0.2, 0) is 0 Å². The summed E-state index contributed by atoms with van der Waals surface area (Å²) in [5, 5.41) is 10.3. The molecule has 2 atom stereocenters. The molecule has 2 unspecified atom stereocenters. The van der Waals surface area contributed by atoms with Crippen LogP contribution in [0, 0.1) is 11.3 Å².